The second kappa shape index (κ2) is 7.79. The van der Waals surface area contributed by atoms with Gasteiger partial charge in [-0.2, -0.15) is 0 Å². The Balaban J connectivity index is 2.78. The van der Waals surface area contributed by atoms with E-state index < -0.39 is 0 Å². The van der Waals surface area contributed by atoms with E-state index in [4.69, 9.17) is 4.74 Å². The Labute approximate surface area is 115 Å². The number of methoxy groups -OCH3 is 1. The molecule has 0 aliphatic carbocycles. The van der Waals surface area contributed by atoms with Crippen molar-refractivity contribution in [3.05, 3.63) is 29.8 Å². The Morgan fingerprint density at radius 3 is 2.42 bits per heavy atom. The van der Waals surface area contributed by atoms with E-state index in [9.17, 15) is 4.79 Å². The minimum atomic E-state index is 0.0633. The summed E-state index contributed by atoms with van der Waals surface area (Å²) >= 11 is 0. The fraction of sp³-hybridized carbons (Fsp3) is 0.533. The van der Waals surface area contributed by atoms with Crippen LogP contribution in [0.4, 0.5) is 5.69 Å². The average Bonchev–Trinajstić information content (AvgIpc) is 2.42. The summed E-state index contributed by atoms with van der Waals surface area (Å²) in [5.41, 5.74) is 1.72. The Bertz CT molecular complexity index is 388. The van der Waals surface area contributed by atoms with E-state index in [0.717, 1.165) is 17.8 Å². The van der Waals surface area contributed by atoms with Crippen molar-refractivity contribution in [2.24, 2.45) is 5.92 Å². The summed E-state index contributed by atoms with van der Waals surface area (Å²) in [4.78, 5) is 14.3. The highest BCUT2D eigenvalue weighted by molar-refractivity contribution is 5.94. The minimum Gasteiger partial charge on any atom is -0.388 e. The number of rotatable bonds is 7. The van der Waals surface area contributed by atoms with Crippen LogP contribution in [0.2, 0.25) is 0 Å². The van der Waals surface area contributed by atoms with Gasteiger partial charge in [0, 0.05) is 38.5 Å². The number of ether oxygens (including phenoxy) is 1. The first-order valence-electron chi connectivity index (χ1n) is 6.64. The highest BCUT2D eigenvalue weighted by Gasteiger charge is 2.16. The summed E-state index contributed by atoms with van der Waals surface area (Å²) < 4.78 is 5.07. The van der Waals surface area contributed by atoms with Crippen molar-refractivity contribution in [1.82, 2.24) is 4.90 Å². The van der Waals surface area contributed by atoms with E-state index in [-0.39, 0.29) is 5.91 Å². The van der Waals surface area contributed by atoms with Crippen LogP contribution in [0, 0.1) is 5.92 Å². The molecule has 0 bridgehead atoms. The second-order valence-corrected chi connectivity index (χ2v) is 4.97. The van der Waals surface area contributed by atoms with Crippen LogP contribution in [0.25, 0.3) is 0 Å². The number of hydrogen-bond acceptors (Lipinski definition) is 3. The van der Waals surface area contributed by atoms with Crippen molar-refractivity contribution >= 4 is 11.6 Å². The average molecular weight is 264 g/mol. The van der Waals surface area contributed by atoms with Crippen molar-refractivity contribution in [2.75, 3.05) is 39.2 Å². The molecule has 0 aromatic heterocycles. The maximum absolute atomic E-state index is 12.4. The summed E-state index contributed by atoms with van der Waals surface area (Å²) in [6.07, 6.45) is 0. The number of benzene rings is 1. The lowest BCUT2D eigenvalue weighted by atomic mass is 10.1. The van der Waals surface area contributed by atoms with Crippen molar-refractivity contribution in [2.45, 2.75) is 13.8 Å². The lowest BCUT2D eigenvalue weighted by molar-refractivity contribution is 0.0672. The molecule has 0 unspecified atom stereocenters. The molecule has 0 spiro atoms. The molecule has 1 rings (SSSR count). The molecule has 0 heterocycles. The van der Waals surface area contributed by atoms with E-state index in [1.165, 1.54) is 0 Å². The molecular weight excluding hydrogens is 240 g/mol. The molecule has 0 saturated heterocycles. The summed E-state index contributed by atoms with van der Waals surface area (Å²) in [5.74, 6) is 0.505. The fourth-order valence-electron chi connectivity index (χ4n) is 1.88. The molecule has 0 fully saturated rings. The Morgan fingerprint density at radius 1 is 1.32 bits per heavy atom. The third-order valence-electron chi connectivity index (χ3n) is 2.86. The first-order valence-corrected chi connectivity index (χ1v) is 6.64. The van der Waals surface area contributed by atoms with Gasteiger partial charge in [-0.05, 0) is 30.2 Å². The van der Waals surface area contributed by atoms with Crippen LogP contribution in [0.5, 0.6) is 0 Å². The van der Waals surface area contributed by atoms with E-state index in [1.807, 2.05) is 36.2 Å². The highest BCUT2D eigenvalue weighted by Crippen LogP contribution is 2.12. The number of carbonyl (C=O) groups excluding carboxylic acids is 1. The van der Waals surface area contributed by atoms with Gasteiger partial charge < -0.3 is 15.0 Å². The molecule has 1 aromatic carbocycles. The molecule has 0 aliphatic heterocycles. The molecule has 0 aliphatic rings. The minimum absolute atomic E-state index is 0.0633. The van der Waals surface area contributed by atoms with Crippen LogP contribution >= 0.6 is 0 Å². The van der Waals surface area contributed by atoms with Crippen LogP contribution in [0.3, 0.4) is 0 Å². The quantitative estimate of drug-likeness (QED) is 0.822. The van der Waals surface area contributed by atoms with Crippen molar-refractivity contribution < 1.29 is 9.53 Å². The Kier molecular flexibility index (Phi) is 6.36. The van der Waals surface area contributed by atoms with Gasteiger partial charge >= 0.3 is 0 Å². The maximum Gasteiger partial charge on any atom is 0.253 e. The maximum atomic E-state index is 12.4. The monoisotopic (exact) mass is 264 g/mol. The lowest BCUT2D eigenvalue weighted by Gasteiger charge is -2.24. The van der Waals surface area contributed by atoms with Gasteiger partial charge in [-0.3, -0.25) is 4.79 Å². The number of amides is 1. The van der Waals surface area contributed by atoms with Crippen LogP contribution in [0.1, 0.15) is 24.2 Å². The number of carbonyl (C=O) groups is 1. The van der Waals surface area contributed by atoms with Gasteiger partial charge in [0.15, 0.2) is 0 Å². The van der Waals surface area contributed by atoms with Crippen LogP contribution in [-0.4, -0.2) is 44.7 Å². The third-order valence-corrected chi connectivity index (χ3v) is 2.86. The zero-order chi connectivity index (χ0) is 14.3. The smallest absolute Gasteiger partial charge is 0.253 e. The van der Waals surface area contributed by atoms with Gasteiger partial charge in [-0.25, -0.2) is 0 Å². The molecular formula is C15H24N2O2. The molecule has 0 atom stereocenters. The SMILES string of the molecule is CNc1ccc(C(=O)N(CCOC)CC(C)C)cc1. The Morgan fingerprint density at radius 2 is 1.95 bits per heavy atom. The summed E-state index contributed by atoms with van der Waals surface area (Å²) in [6.45, 7) is 6.15. The number of nitrogens with one attached hydrogen (secondary N) is 1. The summed E-state index contributed by atoms with van der Waals surface area (Å²) in [7, 11) is 3.51. The topological polar surface area (TPSA) is 41.6 Å². The van der Waals surface area contributed by atoms with Crippen LogP contribution in [-0.2, 0) is 4.74 Å². The molecule has 19 heavy (non-hydrogen) atoms. The third kappa shape index (κ3) is 4.91. The molecule has 106 valence electrons. The molecule has 1 N–H and O–H groups in total. The van der Waals surface area contributed by atoms with Crippen LogP contribution < -0.4 is 5.32 Å². The van der Waals surface area contributed by atoms with Crippen LogP contribution in [0.15, 0.2) is 24.3 Å². The molecule has 4 heteroatoms. The zero-order valence-electron chi connectivity index (χ0n) is 12.3. The predicted octanol–water partition coefficient (Wildman–Crippen LogP) is 2.47. The van der Waals surface area contributed by atoms with E-state index in [2.05, 4.69) is 19.2 Å². The zero-order valence-corrected chi connectivity index (χ0v) is 12.3. The van der Waals surface area contributed by atoms with Crippen molar-refractivity contribution in [3.63, 3.8) is 0 Å². The van der Waals surface area contributed by atoms with E-state index in [1.54, 1.807) is 7.11 Å². The van der Waals surface area contributed by atoms with E-state index in [0.29, 0.717) is 19.1 Å². The molecule has 0 radical (unpaired) electrons. The molecule has 0 saturated carbocycles. The second-order valence-electron chi connectivity index (χ2n) is 4.97. The van der Waals surface area contributed by atoms with Crippen molar-refractivity contribution in [3.8, 4) is 0 Å². The summed E-state index contributed by atoms with van der Waals surface area (Å²) in [5, 5.41) is 3.04. The Hall–Kier alpha value is -1.55. The number of anilines is 1. The van der Waals surface area contributed by atoms with Gasteiger partial charge in [0.2, 0.25) is 0 Å². The normalized spacial score (nSPS) is 10.6. The van der Waals surface area contributed by atoms with Gasteiger partial charge in [0.25, 0.3) is 5.91 Å². The molecule has 1 aromatic rings. The fourth-order valence-corrected chi connectivity index (χ4v) is 1.88. The first kappa shape index (κ1) is 15.5. The van der Waals surface area contributed by atoms with Gasteiger partial charge in [0.05, 0.1) is 6.61 Å². The first-order chi connectivity index (χ1) is 9.08. The van der Waals surface area contributed by atoms with Gasteiger partial charge in [-0.1, -0.05) is 13.8 Å². The molecule has 1 amide bonds. The van der Waals surface area contributed by atoms with Gasteiger partial charge in [0.1, 0.15) is 0 Å². The number of nitrogens with zero attached hydrogens (tertiary/aromatic N) is 1. The highest BCUT2D eigenvalue weighted by atomic mass is 16.5. The standard InChI is InChI=1S/C15H24N2O2/c1-12(2)11-17(9-10-19-4)15(18)13-5-7-14(16-3)8-6-13/h5-8,12,16H,9-11H2,1-4H3. The largest absolute Gasteiger partial charge is 0.388 e. The predicted molar refractivity (Wildman–Crippen MR) is 78.6 cm³/mol. The lowest BCUT2D eigenvalue weighted by Crippen LogP contribution is -2.36. The number of hydrogen-bond donors (Lipinski definition) is 1. The van der Waals surface area contributed by atoms with Crippen molar-refractivity contribution in [1.29, 1.82) is 0 Å². The van der Waals surface area contributed by atoms with Gasteiger partial charge in [-0.15, -0.1) is 0 Å². The van der Waals surface area contributed by atoms with E-state index >= 15 is 0 Å². The summed E-state index contributed by atoms with van der Waals surface area (Å²) in [6, 6.07) is 7.54. The molecule has 4 nitrogen and oxygen atoms in total.